The van der Waals surface area contributed by atoms with Crippen molar-refractivity contribution in [2.45, 2.75) is 70.1 Å². The maximum atomic E-state index is 12.4. The Morgan fingerprint density at radius 2 is 2.18 bits per heavy atom. The number of morpholine rings is 1. The molecule has 1 heterocycles. The van der Waals surface area contributed by atoms with E-state index in [2.05, 4.69) is 17.6 Å². The minimum absolute atomic E-state index is 0.160. The number of amides is 1. The molecule has 2 aliphatic carbocycles. The van der Waals surface area contributed by atoms with Crippen LogP contribution in [0.15, 0.2) is 0 Å². The first-order valence-electron chi connectivity index (χ1n) is 8.96. The van der Waals surface area contributed by atoms with Crippen molar-refractivity contribution in [1.29, 1.82) is 0 Å². The molecule has 0 aromatic rings. The lowest BCUT2D eigenvalue weighted by atomic mass is 9.55. The molecule has 2 saturated carbocycles. The molecule has 5 heteroatoms. The van der Waals surface area contributed by atoms with E-state index in [0.29, 0.717) is 25.2 Å². The van der Waals surface area contributed by atoms with E-state index < -0.39 is 0 Å². The Bertz CT molecular complexity index is 376. The number of ether oxygens (including phenoxy) is 2. The second-order valence-electron chi connectivity index (χ2n) is 7.02. The minimum Gasteiger partial charge on any atom is -0.378 e. The van der Waals surface area contributed by atoms with E-state index in [4.69, 9.17) is 9.47 Å². The molecule has 1 aliphatic heterocycles. The van der Waals surface area contributed by atoms with Crippen LogP contribution in [0.4, 0.5) is 0 Å². The molecule has 126 valence electrons. The van der Waals surface area contributed by atoms with Crippen molar-refractivity contribution in [2.75, 3.05) is 26.4 Å². The van der Waals surface area contributed by atoms with Gasteiger partial charge in [0.1, 0.15) is 0 Å². The summed E-state index contributed by atoms with van der Waals surface area (Å²) < 4.78 is 11.4. The minimum atomic E-state index is 0.160. The van der Waals surface area contributed by atoms with E-state index in [0.717, 1.165) is 26.2 Å². The quantitative estimate of drug-likeness (QED) is 0.810. The SMILES string of the molecule is CCOC1CC(NC(=O)CC2COCCN2)C12CCCCC2. The third-order valence-corrected chi connectivity index (χ3v) is 5.70. The summed E-state index contributed by atoms with van der Waals surface area (Å²) in [5.41, 5.74) is 0.209. The van der Waals surface area contributed by atoms with Gasteiger partial charge in [-0.15, -0.1) is 0 Å². The standard InChI is InChI=1S/C17H30N2O3/c1-2-22-15-11-14(17(15)6-4-3-5-7-17)19-16(20)10-13-12-21-9-8-18-13/h13-15,18H,2-12H2,1H3,(H,19,20). The van der Waals surface area contributed by atoms with Crippen molar-refractivity contribution in [2.24, 2.45) is 5.41 Å². The lowest BCUT2D eigenvalue weighted by Gasteiger charge is -2.57. The largest absolute Gasteiger partial charge is 0.378 e. The summed E-state index contributed by atoms with van der Waals surface area (Å²) in [5.74, 6) is 0.160. The molecule has 22 heavy (non-hydrogen) atoms. The van der Waals surface area contributed by atoms with Crippen molar-refractivity contribution < 1.29 is 14.3 Å². The summed E-state index contributed by atoms with van der Waals surface area (Å²) in [7, 11) is 0. The molecule has 2 N–H and O–H groups in total. The zero-order valence-corrected chi connectivity index (χ0v) is 13.7. The maximum Gasteiger partial charge on any atom is 0.221 e. The molecule has 0 radical (unpaired) electrons. The number of nitrogens with one attached hydrogen (secondary N) is 2. The van der Waals surface area contributed by atoms with Crippen molar-refractivity contribution in [3.05, 3.63) is 0 Å². The fourth-order valence-corrected chi connectivity index (χ4v) is 4.49. The molecule has 0 aromatic heterocycles. The van der Waals surface area contributed by atoms with E-state index in [9.17, 15) is 4.79 Å². The van der Waals surface area contributed by atoms with Gasteiger partial charge in [0.2, 0.25) is 5.91 Å². The van der Waals surface area contributed by atoms with E-state index in [1.54, 1.807) is 0 Å². The summed E-state index contributed by atoms with van der Waals surface area (Å²) in [6.45, 7) is 5.08. The zero-order chi connectivity index (χ0) is 15.4. The van der Waals surface area contributed by atoms with Crippen molar-refractivity contribution in [3.63, 3.8) is 0 Å². The number of carbonyl (C=O) groups excluding carboxylic acids is 1. The highest BCUT2D eigenvalue weighted by atomic mass is 16.5. The van der Waals surface area contributed by atoms with E-state index in [1.807, 2.05) is 0 Å². The number of carbonyl (C=O) groups is 1. The Labute approximate surface area is 133 Å². The number of hydrogen-bond donors (Lipinski definition) is 2. The Morgan fingerprint density at radius 1 is 1.36 bits per heavy atom. The highest BCUT2D eigenvalue weighted by molar-refractivity contribution is 5.77. The first kappa shape index (κ1) is 16.2. The smallest absolute Gasteiger partial charge is 0.221 e. The van der Waals surface area contributed by atoms with Crippen LogP contribution in [0.3, 0.4) is 0 Å². The van der Waals surface area contributed by atoms with Crippen LogP contribution in [0.5, 0.6) is 0 Å². The lowest BCUT2D eigenvalue weighted by molar-refractivity contribution is -0.157. The predicted octanol–water partition coefficient (Wildman–Crippen LogP) is 1.61. The fourth-order valence-electron chi connectivity index (χ4n) is 4.49. The van der Waals surface area contributed by atoms with E-state index in [1.165, 1.54) is 32.1 Å². The first-order chi connectivity index (χ1) is 10.7. The maximum absolute atomic E-state index is 12.4. The van der Waals surface area contributed by atoms with Crippen LogP contribution in [0, 0.1) is 5.41 Å². The molecule has 5 nitrogen and oxygen atoms in total. The van der Waals surface area contributed by atoms with E-state index >= 15 is 0 Å². The average molecular weight is 310 g/mol. The topological polar surface area (TPSA) is 59.6 Å². The molecule has 1 spiro atoms. The van der Waals surface area contributed by atoms with Gasteiger partial charge in [0.15, 0.2) is 0 Å². The van der Waals surface area contributed by atoms with E-state index in [-0.39, 0.29) is 17.4 Å². The van der Waals surface area contributed by atoms with Crippen LogP contribution < -0.4 is 10.6 Å². The molecular weight excluding hydrogens is 280 g/mol. The van der Waals surface area contributed by atoms with Crippen molar-refractivity contribution in [3.8, 4) is 0 Å². The van der Waals surface area contributed by atoms with Gasteiger partial charge in [-0.3, -0.25) is 4.79 Å². The van der Waals surface area contributed by atoms with Crippen LogP contribution in [0.25, 0.3) is 0 Å². The van der Waals surface area contributed by atoms with Crippen LogP contribution in [0.2, 0.25) is 0 Å². The molecule has 1 amide bonds. The Hall–Kier alpha value is -0.650. The third-order valence-electron chi connectivity index (χ3n) is 5.70. The van der Waals surface area contributed by atoms with Gasteiger partial charge in [-0.05, 0) is 26.2 Å². The summed E-state index contributed by atoms with van der Waals surface area (Å²) in [6.07, 6.45) is 8.12. The molecule has 3 aliphatic rings. The monoisotopic (exact) mass is 310 g/mol. The van der Waals surface area contributed by atoms with Gasteiger partial charge < -0.3 is 20.1 Å². The molecule has 0 aromatic carbocycles. The second kappa shape index (κ2) is 7.28. The first-order valence-corrected chi connectivity index (χ1v) is 8.96. The molecule has 3 fully saturated rings. The second-order valence-corrected chi connectivity index (χ2v) is 7.02. The fraction of sp³-hybridized carbons (Fsp3) is 0.941. The Morgan fingerprint density at radius 3 is 2.86 bits per heavy atom. The number of rotatable bonds is 5. The zero-order valence-electron chi connectivity index (χ0n) is 13.7. The van der Waals surface area contributed by atoms with Crippen LogP contribution in [-0.4, -0.2) is 50.5 Å². The average Bonchev–Trinajstić information content (AvgIpc) is 2.55. The highest BCUT2D eigenvalue weighted by Crippen LogP contribution is 2.53. The van der Waals surface area contributed by atoms with Gasteiger partial charge in [0.05, 0.1) is 19.3 Å². The number of hydrogen-bond acceptors (Lipinski definition) is 4. The normalized spacial score (nSPS) is 34.1. The highest BCUT2D eigenvalue weighted by Gasteiger charge is 2.56. The van der Waals surface area contributed by atoms with Gasteiger partial charge in [0, 0.05) is 37.1 Å². The van der Waals surface area contributed by atoms with Crippen LogP contribution in [-0.2, 0) is 14.3 Å². The van der Waals surface area contributed by atoms with Crippen LogP contribution >= 0.6 is 0 Å². The summed E-state index contributed by atoms with van der Waals surface area (Å²) in [6, 6.07) is 0.472. The molecule has 3 atom stereocenters. The van der Waals surface area contributed by atoms with Gasteiger partial charge >= 0.3 is 0 Å². The van der Waals surface area contributed by atoms with Crippen LogP contribution in [0.1, 0.15) is 51.9 Å². The molecule has 3 unspecified atom stereocenters. The molecule has 0 bridgehead atoms. The van der Waals surface area contributed by atoms with Crippen molar-refractivity contribution in [1.82, 2.24) is 10.6 Å². The third kappa shape index (κ3) is 3.31. The molecule has 1 saturated heterocycles. The predicted molar refractivity (Wildman–Crippen MR) is 84.7 cm³/mol. The van der Waals surface area contributed by atoms with Gasteiger partial charge in [-0.25, -0.2) is 0 Å². The summed E-state index contributed by atoms with van der Waals surface area (Å²) in [5, 5.41) is 6.65. The van der Waals surface area contributed by atoms with Crippen molar-refractivity contribution >= 4 is 5.91 Å². The Kier molecular flexibility index (Phi) is 5.37. The lowest BCUT2D eigenvalue weighted by Crippen LogP contribution is -2.65. The molecule has 3 rings (SSSR count). The molecular formula is C17H30N2O3. The van der Waals surface area contributed by atoms with Gasteiger partial charge in [-0.1, -0.05) is 19.3 Å². The summed E-state index contributed by atoms with van der Waals surface area (Å²) >= 11 is 0. The Balaban J connectivity index is 1.53. The van der Waals surface area contributed by atoms with Gasteiger partial charge in [0.25, 0.3) is 0 Å². The van der Waals surface area contributed by atoms with Gasteiger partial charge in [-0.2, -0.15) is 0 Å². The summed E-state index contributed by atoms with van der Waals surface area (Å²) in [4.78, 5) is 12.4.